The van der Waals surface area contributed by atoms with Gasteiger partial charge in [-0.05, 0) is 6.92 Å². The smallest absolute Gasteiger partial charge is 0.168 e. The number of nitrogens with one attached hydrogen (secondary N) is 1. The fourth-order valence-electron chi connectivity index (χ4n) is 1.28. The highest BCUT2D eigenvalue weighted by Gasteiger charge is 2.10. The lowest BCUT2D eigenvalue weighted by atomic mass is 10.3. The molecule has 0 aliphatic heterocycles. The minimum absolute atomic E-state index is 0.127. The third-order valence-corrected chi connectivity index (χ3v) is 2.06. The Morgan fingerprint density at radius 1 is 1.35 bits per heavy atom. The van der Waals surface area contributed by atoms with E-state index in [-0.39, 0.29) is 18.2 Å². The number of nitrogen functional groups attached to an aromatic ring is 1. The van der Waals surface area contributed by atoms with Gasteiger partial charge in [0, 0.05) is 12.1 Å². The molecule has 0 aromatic carbocycles. The second-order valence-electron chi connectivity index (χ2n) is 3.47. The van der Waals surface area contributed by atoms with E-state index in [2.05, 4.69) is 15.5 Å². The van der Waals surface area contributed by atoms with Crippen molar-refractivity contribution in [1.29, 1.82) is 0 Å². The number of hydrogen-bond donors (Lipinski definition) is 2. The minimum atomic E-state index is -0.886. The van der Waals surface area contributed by atoms with Crippen LogP contribution in [-0.4, -0.2) is 10.1 Å². The molecule has 0 saturated carbocycles. The van der Waals surface area contributed by atoms with Crippen molar-refractivity contribution in [1.82, 2.24) is 10.1 Å². The van der Waals surface area contributed by atoms with Crippen molar-refractivity contribution in [3.8, 4) is 0 Å². The van der Waals surface area contributed by atoms with Gasteiger partial charge in [-0.3, -0.25) is 0 Å². The van der Waals surface area contributed by atoms with Gasteiger partial charge in [0.25, 0.3) is 0 Å². The Kier molecular flexibility index (Phi) is 2.90. The number of pyridine rings is 1. The molecule has 17 heavy (non-hydrogen) atoms. The zero-order valence-electron chi connectivity index (χ0n) is 9.00. The third kappa shape index (κ3) is 2.49. The quantitative estimate of drug-likeness (QED) is 0.856. The van der Waals surface area contributed by atoms with E-state index in [0.717, 1.165) is 0 Å². The Hall–Kier alpha value is -2.18. The van der Waals surface area contributed by atoms with E-state index in [0.29, 0.717) is 17.5 Å². The number of aryl methyl sites for hydroxylation is 1. The van der Waals surface area contributed by atoms with Crippen molar-refractivity contribution in [3.63, 3.8) is 0 Å². The van der Waals surface area contributed by atoms with Crippen LogP contribution in [0.5, 0.6) is 0 Å². The Morgan fingerprint density at radius 2 is 2.12 bits per heavy atom. The van der Waals surface area contributed by atoms with Crippen molar-refractivity contribution >= 4 is 11.6 Å². The summed E-state index contributed by atoms with van der Waals surface area (Å²) in [5.74, 6) is -1.66. The first kappa shape index (κ1) is 11.3. The zero-order chi connectivity index (χ0) is 12.4. The Balaban J connectivity index is 2.11. The molecular formula is C10H10F2N4O. The van der Waals surface area contributed by atoms with Crippen molar-refractivity contribution in [2.45, 2.75) is 13.5 Å². The van der Waals surface area contributed by atoms with Crippen LogP contribution in [-0.2, 0) is 6.54 Å². The normalized spacial score (nSPS) is 10.5. The number of nitrogens with two attached hydrogens (primary N) is 1. The summed E-state index contributed by atoms with van der Waals surface area (Å²) in [6.07, 6.45) is 0. The maximum atomic E-state index is 13.3. The van der Waals surface area contributed by atoms with Crippen molar-refractivity contribution in [3.05, 3.63) is 35.2 Å². The molecule has 0 fully saturated rings. The fourth-order valence-corrected chi connectivity index (χ4v) is 1.28. The average molecular weight is 240 g/mol. The van der Waals surface area contributed by atoms with Gasteiger partial charge in [-0.25, -0.2) is 13.8 Å². The molecule has 0 aliphatic rings. The maximum absolute atomic E-state index is 13.3. The molecular weight excluding hydrogens is 230 g/mol. The molecule has 0 radical (unpaired) electrons. The van der Waals surface area contributed by atoms with Crippen LogP contribution in [0.1, 0.15) is 11.5 Å². The van der Waals surface area contributed by atoms with Crippen LogP contribution in [0.3, 0.4) is 0 Å². The predicted octanol–water partition coefficient (Wildman–Crippen LogP) is 1.85. The highest BCUT2D eigenvalue weighted by atomic mass is 19.1. The average Bonchev–Trinajstić information content (AvgIpc) is 2.68. The zero-order valence-corrected chi connectivity index (χ0v) is 9.00. The van der Waals surface area contributed by atoms with Crippen LogP contribution >= 0.6 is 0 Å². The van der Waals surface area contributed by atoms with Gasteiger partial charge in [0.15, 0.2) is 29.0 Å². The fraction of sp³-hybridized carbons (Fsp3) is 0.200. The van der Waals surface area contributed by atoms with Gasteiger partial charge in [-0.2, -0.15) is 0 Å². The van der Waals surface area contributed by atoms with E-state index in [4.69, 9.17) is 10.3 Å². The lowest BCUT2D eigenvalue weighted by Crippen LogP contribution is -2.06. The molecule has 0 atom stereocenters. The molecule has 3 N–H and O–H groups in total. The second kappa shape index (κ2) is 4.36. The molecule has 2 heterocycles. The molecule has 0 amide bonds. The predicted molar refractivity (Wildman–Crippen MR) is 57.1 cm³/mol. The van der Waals surface area contributed by atoms with Crippen molar-refractivity contribution in [2.75, 3.05) is 11.1 Å². The maximum Gasteiger partial charge on any atom is 0.168 e. The number of anilines is 2. The van der Waals surface area contributed by atoms with Gasteiger partial charge in [0.2, 0.25) is 0 Å². The number of nitrogens with zero attached hydrogens (tertiary/aromatic N) is 2. The summed E-state index contributed by atoms with van der Waals surface area (Å²) in [5.41, 5.74) is 5.95. The van der Waals surface area contributed by atoms with Crippen LogP contribution in [0.4, 0.5) is 20.4 Å². The van der Waals surface area contributed by atoms with Crippen molar-refractivity contribution < 1.29 is 13.3 Å². The molecule has 7 heteroatoms. The molecule has 0 bridgehead atoms. The molecule has 0 unspecified atom stereocenters. The minimum Gasteiger partial charge on any atom is -0.381 e. The Morgan fingerprint density at radius 3 is 2.76 bits per heavy atom. The van der Waals surface area contributed by atoms with Gasteiger partial charge >= 0.3 is 0 Å². The van der Waals surface area contributed by atoms with Gasteiger partial charge < -0.3 is 15.6 Å². The summed E-state index contributed by atoms with van der Waals surface area (Å²) in [4.78, 5) is 3.55. The molecule has 5 nitrogen and oxygen atoms in total. The van der Waals surface area contributed by atoms with Gasteiger partial charge in [0.05, 0.1) is 12.2 Å². The Labute approximate surface area is 95.6 Å². The number of hydrogen-bond acceptors (Lipinski definition) is 5. The van der Waals surface area contributed by atoms with E-state index >= 15 is 0 Å². The summed E-state index contributed by atoms with van der Waals surface area (Å²) < 4.78 is 31.0. The van der Waals surface area contributed by atoms with Gasteiger partial charge in [-0.1, -0.05) is 5.16 Å². The summed E-state index contributed by atoms with van der Waals surface area (Å²) >= 11 is 0. The van der Waals surface area contributed by atoms with Crippen LogP contribution in [0.25, 0.3) is 0 Å². The highest BCUT2D eigenvalue weighted by molar-refractivity contribution is 5.44. The number of halogens is 2. The van der Waals surface area contributed by atoms with Gasteiger partial charge in [-0.15, -0.1) is 0 Å². The summed E-state index contributed by atoms with van der Waals surface area (Å²) in [7, 11) is 0. The number of rotatable bonds is 3. The van der Waals surface area contributed by atoms with Crippen LogP contribution in [0, 0.1) is 18.6 Å². The van der Waals surface area contributed by atoms with Crippen LogP contribution in [0.2, 0.25) is 0 Å². The molecule has 0 aliphatic carbocycles. The second-order valence-corrected chi connectivity index (χ2v) is 3.47. The molecule has 2 aromatic heterocycles. The first-order chi connectivity index (χ1) is 8.06. The van der Waals surface area contributed by atoms with Crippen LogP contribution in [0.15, 0.2) is 16.7 Å². The van der Waals surface area contributed by atoms with E-state index in [1.165, 1.54) is 0 Å². The van der Waals surface area contributed by atoms with Crippen molar-refractivity contribution in [2.24, 2.45) is 0 Å². The lowest BCUT2D eigenvalue weighted by Gasteiger charge is -2.05. The molecule has 90 valence electrons. The van der Waals surface area contributed by atoms with E-state index in [9.17, 15) is 8.78 Å². The lowest BCUT2D eigenvalue weighted by molar-refractivity contribution is 0.384. The SMILES string of the molecule is Cc1cc(CNc2nc(N)c(F)cc2F)on1. The van der Waals surface area contributed by atoms with Crippen LogP contribution < -0.4 is 11.1 Å². The largest absolute Gasteiger partial charge is 0.381 e. The van der Waals surface area contributed by atoms with E-state index < -0.39 is 11.6 Å². The highest BCUT2D eigenvalue weighted by Crippen LogP contribution is 2.17. The Bertz CT molecular complexity index is 541. The van der Waals surface area contributed by atoms with E-state index in [1.807, 2.05) is 0 Å². The van der Waals surface area contributed by atoms with E-state index in [1.54, 1.807) is 13.0 Å². The first-order valence-electron chi connectivity index (χ1n) is 4.84. The molecule has 2 rings (SSSR count). The topological polar surface area (TPSA) is 77.0 Å². The summed E-state index contributed by atoms with van der Waals surface area (Å²) in [5, 5.41) is 6.31. The summed E-state index contributed by atoms with van der Waals surface area (Å²) in [6.45, 7) is 1.96. The summed E-state index contributed by atoms with van der Waals surface area (Å²) in [6, 6.07) is 2.37. The first-order valence-corrected chi connectivity index (χ1v) is 4.84. The molecule has 0 spiro atoms. The molecule has 2 aromatic rings. The standard InChI is InChI=1S/C10H10F2N4O/c1-5-2-6(17-16-5)4-14-10-8(12)3-7(11)9(13)15-10/h2-3H,4H2,1H3,(H3,13,14,15). The molecule has 0 saturated heterocycles. The number of aromatic nitrogens is 2. The monoisotopic (exact) mass is 240 g/mol. The third-order valence-electron chi connectivity index (χ3n) is 2.06. The van der Waals surface area contributed by atoms with Gasteiger partial charge in [0.1, 0.15) is 0 Å².